The van der Waals surface area contributed by atoms with Crippen molar-refractivity contribution in [1.29, 1.82) is 0 Å². The zero-order valence-electron chi connectivity index (χ0n) is 16.4. The van der Waals surface area contributed by atoms with Crippen molar-refractivity contribution in [2.75, 3.05) is 0 Å². The van der Waals surface area contributed by atoms with E-state index in [1.165, 1.54) is 6.07 Å². The fourth-order valence-corrected chi connectivity index (χ4v) is 3.30. The molecule has 0 N–H and O–H groups in total. The molecule has 1 heterocycles. The maximum atomic E-state index is 13.8. The number of carbonyl (C=O) groups is 1. The molecule has 0 bridgehead atoms. The largest absolute Gasteiger partial charge is 0.489 e. The van der Waals surface area contributed by atoms with Gasteiger partial charge in [-0.1, -0.05) is 47.5 Å². The molecule has 4 nitrogen and oxygen atoms in total. The molecule has 156 valence electrons. The zero-order valence-corrected chi connectivity index (χ0v) is 17.9. The van der Waals surface area contributed by atoms with Crippen LogP contribution in [-0.4, -0.2) is 11.9 Å². The molecule has 0 amide bonds. The van der Waals surface area contributed by atoms with Gasteiger partial charge in [0.25, 0.3) is 0 Å². The fraction of sp³-hybridized carbons (Fsp3) is 0.0833. The fourth-order valence-electron chi connectivity index (χ4n) is 2.90. The topological polar surface area (TPSA) is 47.9 Å². The van der Waals surface area contributed by atoms with Crippen LogP contribution in [0.2, 0.25) is 10.0 Å². The summed E-state index contributed by atoms with van der Waals surface area (Å²) in [6.07, 6.45) is 1.61. The van der Waals surface area contributed by atoms with Crippen molar-refractivity contribution in [3.8, 4) is 5.75 Å². The number of rotatable bonds is 5. The molecule has 3 aromatic rings. The summed E-state index contributed by atoms with van der Waals surface area (Å²) >= 11 is 12.2. The summed E-state index contributed by atoms with van der Waals surface area (Å²) in [5.74, 6) is -0.216. The molecular weight excluding hydrogens is 440 g/mol. The Morgan fingerprint density at radius 3 is 2.55 bits per heavy atom. The van der Waals surface area contributed by atoms with Crippen LogP contribution in [0.3, 0.4) is 0 Å². The molecular formula is C24H16Cl2FNO3. The predicted molar refractivity (Wildman–Crippen MR) is 119 cm³/mol. The number of aryl methyl sites for hydroxylation is 1. The summed E-state index contributed by atoms with van der Waals surface area (Å²) in [5, 5.41) is 0.880. The van der Waals surface area contributed by atoms with Gasteiger partial charge in [0, 0.05) is 16.1 Å². The van der Waals surface area contributed by atoms with Gasteiger partial charge in [-0.15, -0.1) is 0 Å². The van der Waals surface area contributed by atoms with E-state index in [9.17, 15) is 9.18 Å². The number of ether oxygens (including phenoxy) is 2. The van der Waals surface area contributed by atoms with E-state index in [-0.39, 0.29) is 18.2 Å². The summed E-state index contributed by atoms with van der Waals surface area (Å²) in [6, 6.07) is 16.8. The van der Waals surface area contributed by atoms with Crippen molar-refractivity contribution in [3.05, 3.63) is 104 Å². The molecule has 0 saturated heterocycles. The average molecular weight is 456 g/mol. The van der Waals surface area contributed by atoms with Gasteiger partial charge in [0.1, 0.15) is 18.2 Å². The molecule has 0 spiro atoms. The second-order valence-corrected chi connectivity index (χ2v) is 7.67. The van der Waals surface area contributed by atoms with Gasteiger partial charge in [0.15, 0.2) is 5.70 Å². The average Bonchev–Trinajstić information content (AvgIpc) is 3.11. The Hall–Kier alpha value is -3.15. The third kappa shape index (κ3) is 4.79. The number of nitrogens with zero attached hydrogens (tertiary/aromatic N) is 1. The van der Waals surface area contributed by atoms with Gasteiger partial charge in [-0.25, -0.2) is 14.2 Å². The Kier molecular flexibility index (Phi) is 6.07. The Bertz CT molecular complexity index is 1200. The van der Waals surface area contributed by atoms with Gasteiger partial charge in [-0.3, -0.25) is 0 Å². The molecule has 1 aliphatic heterocycles. The van der Waals surface area contributed by atoms with E-state index in [0.717, 1.165) is 11.1 Å². The first-order valence-corrected chi connectivity index (χ1v) is 10.1. The van der Waals surface area contributed by atoms with Crippen molar-refractivity contribution in [2.45, 2.75) is 13.5 Å². The Balaban J connectivity index is 1.48. The lowest BCUT2D eigenvalue weighted by Gasteiger charge is -2.09. The van der Waals surface area contributed by atoms with Gasteiger partial charge in [-0.2, -0.15) is 0 Å². The van der Waals surface area contributed by atoms with E-state index in [0.29, 0.717) is 26.9 Å². The van der Waals surface area contributed by atoms with Crippen LogP contribution in [0.1, 0.15) is 22.3 Å². The lowest BCUT2D eigenvalue weighted by molar-refractivity contribution is -0.129. The minimum Gasteiger partial charge on any atom is -0.489 e. The van der Waals surface area contributed by atoms with Crippen molar-refractivity contribution >= 4 is 41.1 Å². The number of carbonyl (C=O) groups excluding carboxylic acids is 1. The van der Waals surface area contributed by atoms with Crippen LogP contribution in [0.15, 0.2) is 71.4 Å². The summed E-state index contributed by atoms with van der Waals surface area (Å²) < 4.78 is 24.7. The molecule has 0 aliphatic carbocycles. The second-order valence-electron chi connectivity index (χ2n) is 6.86. The normalized spacial score (nSPS) is 14.5. The zero-order chi connectivity index (χ0) is 22.0. The maximum Gasteiger partial charge on any atom is 0.363 e. The van der Waals surface area contributed by atoms with Gasteiger partial charge in [-0.05, 0) is 60.5 Å². The molecule has 0 fully saturated rings. The minimum atomic E-state index is -0.541. The SMILES string of the molecule is Cc1ccc(C2=N/C(=C/c3ccc(OCc4c(F)cccc4Cl)cc3)C(=O)O2)cc1Cl. The Morgan fingerprint density at radius 1 is 1.06 bits per heavy atom. The molecule has 7 heteroatoms. The van der Waals surface area contributed by atoms with Crippen LogP contribution in [0.25, 0.3) is 6.08 Å². The smallest absolute Gasteiger partial charge is 0.363 e. The van der Waals surface area contributed by atoms with Crippen LogP contribution in [0.4, 0.5) is 4.39 Å². The standard InChI is InChI=1S/C24H16Cl2FNO3/c1-14-5-8-16(12-20(14)26)23-28-22(24(29)31-23)11-15-6-9-17(10-7-15)30-13-18-19(25)3-2-4-21(18)27/h2-12H,13H2,1H3/b22-11+. The van der Waals surface area contributed by atoms with Gasteiger partial charge < -0.3 is 9.47 Å². The summed E-state index contributed by atoms with van der Waals surface area (Å²) in [5.41, 5.74) is 2.75. The highest BCUT2D eigenvalue weighted by Crippen LogP contribution is 2.25. The molecule has 31 heavy (non-hydrogen) atoms. The summed E-state index contributed by atoms with van der Waals surface area (Å²) in [7, 11) is 0. The van der Waals surface area contributed by atoms with Crippen molar-refractivity contribution in [2.24, 2.45) is 4.99 Å². The van der Waals surface area contributed by atoms with Crippen LogP contribution in [0.5, 0.6) is 5.75 Å². The van der Waals surface area contributed by atoms with E-state index in [4.69, 9.17) is 32.7 Å². The highest BCUT2D eigenvalue weighted by Gasteiger charge is 2.24. The third-order valence-electron chi connectivity index (χ3n) is 4.67. The van der Waals surface area contributed by atoms with E-state index in [1.54, 1.807) is 54.6 Å². The number of hydrogen-bond donors (Lipinski definition) is 0. The molecule has 1 aliphatic rings. The van der Waals surface area contributed by atoms with Crippen molar-refractivity contribution < 1.29 is 18.7 Å². The highest BCUT2D eigenvalue weighted by atomic mass is 35.5. The van der Waals surface area contributed by atoms with Crippen molar-refractivity contribution in [3.63, 3.8) is 0 Å². The number of halogens is 3. The van der Waals surface area contributed by atoms with Crippen molar-refractivity contribution in [1.82, 2.24) is 0 Å². The number of aliphatic imine (C=N–C) groups is 1. The third-order valence-corrected chi connectivity index (χ3v) is 5.43. The van der Waals surface area contributed by atoms with E-state index in [2.05, 4.69) is 4.99 Å². The molecule has 0 saturated carbocycles. The molecule has 0 radical (unpaired) electrons. The number of benzene rings is 3. The van der Waals surface area contributed by atoms with Gasteiger partial charge in [0.2, 0.25) is 5.90 Å². The lowest BCUT2D eigenvalue weighted by Crippen LogP contribution is -2.05. The number of cyclic esters (lactones) is 1. The quantitative estimate of drug-likeness (QED) is 0.331. The maximum absolute atomic E-state index is 13.8. The molecule has 0 aromatic heterocycles. The molecule has 0 atom stereocenters. The lowest BCUT2D eigenvalue weighted by atomic mass is 10.1. The Morgan fingerprint density at radius 2 is 1.84 bits per heavy atom. The first-order valence-electron chi connectivity index (χ1n) is 9.35. The van der Waals surface area contributed by atoms with Gasteiger partial charge >= 0.3 is 5.97 Å². The van der Waals surface area contributed by atoms with E-state index >= 15 is 0 Å². The second kappa shape index (κ2) is 8.92. The van der Waals surface area contributed by atoms with Crippen LogP contribution < -0.4 is 4.74 Å². The van der Waals surface area contributed by atoms with Crippen LogP contribution >= 0.6 is 23.2 Å². The molecule has 0 unspecified atom stereocenters. The monoisotopic (exact) mass is 455 g/mol. The van der Waals surface area contributed by atoms with E-state index in [1.807, 2.05) is 13.0 Å². The minimum absolute atomic E-state index is 0.00499. The number of esters is 1. The molecule has 4 rings (SSSR count). The molecule has 3 aromatic carbocycles. The summed E-state index contributed by atoms with van der Waals surface area (Å²) in [4.78, 5) is 16.5. The summed E-state index contributed by atoms with van der Waals surface area (Å²) in [6.45, 7) is 1.89. The first-order chi connectivity index (χ1) is 14.9. The highest BCUT2D eigenvalue weighted by molar-refractivity contribution is 6.32. The van der Waals surface area contributed by atoms with Crippen LogP contribution in [0, 0.1) is 12.7 Å². The van der Waals surface area contributed by atoms with E-state index < -0.39 is 11.8 Å². The predicted octanol–water partition coefficient (Wildman–Crippen LogP) is 6.36. The van der Waals surface area contributed by atoms with Crippen LogP contribution in [-0.2, 0) is 16.1 Å². The first kappa shape index (κ1) is 21.1. The van der Waals surface area contributed by atoms with Gasteiger partial charge in [0.05, 0.1) is 5.02 Å². The number of hydrogen-bond acceptors (Lipinski definition) is 4. The Labute approximate surface area is 188 Å².